The van der Waals surface area contributed by atoms with Crippen molar-refractivity contribution in [1.29, 1.82) is 0 Å². The van der Waals surface area contributed by atoms with E-state index in [-0.39, 0.29) is 30.4 Å². The number of aromatic nitrogens is 2. The molecule has 30 heavy (non-hydrogen) atoms. The lowest BCUT2D eigenvalue weighted by Gasteiger charge is -2.39. The second-order valence-corrected chi connectivity index (χ2v) is 9.12. The summed E-state index contributed by atoms with van der Waals surface area (Å²) >= 11 is 1.41. The number of nitrogens with zero attached hydrogens (tertiary/aromatic N) is 4. The maximum absolute atomic E-state index is 13.2. The van der Waals surface area contributed by atoms with Crippen molar-refractivity contribution >= 4 is 34.6 Å². The van der Waals surface area contributed by atoms with Gasteiger partial charge in [-0.15, -0.1) is 0 Å². The number of likely N-dealkylation sites (tertiary alicyclic amines) is 1. The fourth-order valence-electron chi connectivity index (χ4n) is 4.48. The molecule has 1 aromatic carbocycles. The summed E-state index contributed by atoms with van der Waals surface area (Å²) in [5.74, 6) is 0.527. The molecule has 8 heteroatoms. The molecular weight excluding hydrogens is 400 g/mol. The number of carbonyl (C=O) groups excluding carboxylic acids is 2. The fraction of sp³-hybridized carbons (Fsp3) is 0.591. The zero-order chi connectivity index (χ0) is 21.1. The van der Waals surface area contributed by atoms with E-state index in [2.05, 4.69) is 13.8 Å². The average Bonchev–Trinajstić information content (AvgIpc) is 3.10. The van der Waals surface area contributed by atoms with E-state index in [1.807, 2.05) is 38.6 Å². The zero-order valence-corrected chi connectivity index (χ0v) is 18.6. The first kappa shape index (κ1) is 21.2. The van der Waals surface area contributed by atoms with Crippen molar-refractivity contribution in [3.05, 3.63) is 24.3 Å². The highest BCUT2D eigenvalue weighted by atomic mass is 32.2. The summed E-state index contributed by atoms with van der Waals surface area (Å²) in [7, 11) is 0. The average molecular weight is 431 g/mol. The van der Waals surface area contributed by atoms with E-state index in [9.17, 15) is 9.59 Å². The SMILES string of the molecule is C[C@H]1CCC[C@H](C)N1C(=O)Cn1c(SCC(=O)N2CCOCC2)nc2ccccc21. The van der Waals surface area contributed by atoms with E-state index in [1.165, 1.54) is 18.2 Å². The second kappa shape index (κ2) is 9.39. The molecule has 0 N–H and O–H groups in total. The maximum atomic E-state index is 13.2. The minimum absolute atomic E-state index is 0.0894. The van der Waals surface area contributed by atoms with Gasteiger partial charge in [0.25, 0.3) is 0 Å². The molecule has 0 bridgehead atoms. The van der Waals surface area contributed by atoms with Gasteiger partial charge in [0.2, 0.25) is 11.8 Å². The van der Waals surface area contributed by atoms with E-state index in [1.54, 1.807) is 0 Å². The summed E-state index contributed by atoms with van der Waals surface area (Å²) in [5, 5.41) is 0.725. The number of amides is 2. The van der Waals surface area contributed by atoms with Crippen LogP contribution < -0.4 is 0 Å². The Bertz CT molecular complexity index is 899. The maximum Gasteiger partial charge on any atom is 0.243 e. The molecule has 4 rings (SSSR count). The summed E-state index contributed by atoms with van der Waals surface area (Å²) in [6, 6.07) is 8.38. The standard InChI is InChI=1S/C22H30N4O3S/c1-16-6-5-7-17(2)26(16)20(27)14-25-19-9-4-3-8-18(19)23-22(25)30-15-21(28)24-10-12-29-13-11-24/h3-4,8-9,16-17H,5-7,10-15H2,1-2H3/t16-,17-/m0/s1. The molecule has 0 aliphatic carbocycles. The van der Waals surface area contributed by atoms with Crippen molar-refractivity contribution in [1.82, 2.24) is 19.4 Å². The van der Waals surface area contributed by atoms with Crippen LogP contribution in [0.5, 0.6) is 0 Å². The lowest BCUT2D eigenvalue weighted by atomic mass is 9.97. The number of hydrogen-bond donors (Lipinski definition) is 0. The largest absolute Gasteiger partial charge is 0.378 e. The number of ether oxygens (including phenoxy) is 1. The summed E-state index contributed by atoms with van der Waals surface area (Å²) in [6.45, 7) is 6.99. The zero-order valence-electron chi connectivity index (χ0n) is 17.7. The smallest absolute Gasteiger partial charge is 0.243 e. The van der Waals surface area contributed by atoms with Gasteiger partial charge in [-0.05, 0) is 45.2 Å². The molecular formula is C22H30N4O3S. The summed E-state index contributed by atoms with van der Waals surface area (Å²) in [4.78, 5) is 34.4. The minimum atomic E-state index is 0.0894. The van der Waals surface area contributed by atoms with Crippen LogP contribution in [-0.4, -0.2) is 75.3 Å². The van der Waals surface area contributed by atoms with E-state index < -0.39 is 0 Å². The summed E-state index contributed by atoms with van der Waals surface area (Å²) in [6.07, 6.45) is 3.28. The fourth-order valence-corrected chi connectivity index (χ4v) is 5.39. The Hall–Kier alpha value is -2.06. The molecule has 2 atom stereocenters. The van der Waals surface area contributed by atoms with Crippen LogP contribution in [0.4, 0.5) is 0 Å². The van der Waals surface area contributed by atoms with Crippen LogP contribution in [-0.2, 0) is 20.9 Å². The highest BCUT2D eigenvalue weighted by molar-refractivity contribution is 7.99. The van der Waals surface area contributed by atoms with Gasteiger partial charge in [-0.1, -0.05) is 23.9 Å². The Labute approximate surface area is 181 Å². The minimum Gasteiger partial charge on any atom is -0.378 e. The molecule has 0 radical (unpaired) electrons. The second-order valence-electron chi connectivity index (χ2n) is 8.18. The molecule has 2 aliphatic rings. The molecule has 2 saturated heterocycles. The lowest BCUT2D eigenvalue weighted by molar-refractivity contribution is -0.138. The monoisotopic (exact) mass is 430 g/mol. The van der Waals surface area contributed by atoms with Gasteiger partial charge in [0, 0.05) is 25.2 Å². The molecule has 0 saturated carbocycles. The molecule has 162 valence electrons. The van der Waals surface area contributed by atoms with Crippen LogP contribution in [0, 0.1) is 0 Å². The summed E-state index contributed by atoms with van der Waals surface area (Å²) in [5.41, 5.74) is 1.79. The Morgan fingerprint density at radius 3 is 2.53 bits per heavy atom. The van der Waals surface area contributed by atoms with E-state index in [4.69, 9.17) is 9.72 Å². The Morgan fingerprint density at radius 2 is 1.80 bits per heavy atom. The van der Waals surface area contributed by atoms with Crippen LogP contribution in [0.3, 0.4) is 0 Å². The van der Waals surface area contributed by atoms with E-state index >= 15 is 0 Å². The van der Waals surface area contributed by atoms with Crippen molar-refractivity contribution in [3.63, 3.8) is 0 Å². The number of rotatable bonds is 5. The lowest BCUT2D eigenvalue weighted by Crippen LogP contribution is -2.48. The van der Waals surface area contributed by atoms with Crippen LogP contribution in [0.15, 0.2) is 29.4 Å². The highest BCUT2D eigenvalue weighted by Gasteiger charge is 2.30. The van der Waals surface area contributed by atoms with Crippen molar-refractivity contribution in [2.45, 2.75) is 56.9 Å². The molecule has 0 unspecified atom stereocenters. The first-order chi connectivity index (χ1) is 14.5. The quantitative estimate of drug-likeness (QED) is 0.683. The number of hydrogen-bond acceptors (Lipinski definition) is 5. The first-order valence-corrected chi connectivity index (χ1v) is 11.8. The molecule has 2 fully saturated rings. The van der Waals surface area contributed by atoms with Crippen LogP contribution in [0.1, 0.15) is 33.1 Å². The Kier molecular flexibility index (Phi) is 6.63. The van der Waals surface area contributed by atoms with Gasteiger partial charge in [0.05, 0.1) is 30.0 Å². The predicted molar refractivity (Wildman–Crippen MR) is 117 cm³/mol. The van der Waals surface area contributed by atoms with Gasteiger partial charge in [-0.3, -0.25) is 9.59 Å². The van der Waals surface area contributed by atoms with Gasteiger partial charge < -0.3 is 19.1 Å². The molecule has 7 nitrogen and oxygen atoms in total. The van der Waals surface area contributed by atoms with Crippen molar-refractivity contribution in [2.75, 3.05) is 32.1 Å². The number of carbonyl (C=O) groups is 2. The molecule has 1 aromatic heterocycles. The van der Waals surface area contributed by atoms with Gasteiger partial charge in [-0.25, -0.2) is 4.98 Å². The third-order valence-corrected chi connectivity index (χ3v) is 7.04. The van der Waals surface area contributed by atoms with Gasteiger partial charge in [-0.2, -0.15) is 0 Å². The van der Waals surface area contributed by atoms with Crippen molar-refractivity contribution in [3.8, 4) is 0 Å². The van der Waals surface area contributed by atoms with Crippen molar-refractivity contribution < 1.29 is 14.3 Å². The Balaban J connectivity index is 1.53. The number of imidazole rings is 1. The van der Waals surface area contributed by atoms with Gasteiger partial charge >= 0.3 is 0 Å². The molecule has 2 aliphatic heterocycles. The van der Waals surface area contributed by atoms with Crippen molar-refractivity contribution in [2.24, 2.45) is 0 Å². The Morgan fingerprint density at radius 1 is 1.10 bits per heavy atom. The van der Waals surface area contributed by atoms with Gasteiger partial charge in [0.15, 0.2) is 5.16 Å². The third kappa shape index (κ3) is 4.49. The van der Waals surface area contributed by atoms with Gasteiger partial charge in [0.1, 0.15) is 6.54 Å². The normalized spacial score (nSPS) is 22.5. The molecule has 3 heterocycles. The van der Waals surface area contributed by atoms with Crippen LogP contribution in [0.2, 0.25) is 0 Å². The van der Waals surface area contributed by atoms with Crippen LogP contribution >= 0.6 is 11.8 Å². The topological polar surface area (TPSA) is 67.7 Å². The highest BCUT2D eigenvalue weighted by Crippen LogP contribution is 2.27. The number of fused-ring (bicyclic) bond motifs is 1. The number of morpholine rings is 1. The number of piperidine rings is 1. The number of para-hydroxylation sites is 2. The number of thioether (sulfide) groups is 1. The third-order valence-electron chi connectivity index (χ3n) is 6.08. The number of benzene rings is 1. The van der Waals surface area contributed by atoms with E-state index in [0.717, 1.165) is 29.0 Å². The van der Waals surface area contributed by atoms with Crippen LogP contribution in [0.25, 0.3) is 11.0 Å². The predicted octanol–water partition coefficient (Wildman–Crippen LogP) is 2.78. The van der Waals surface area contributed by atoms with E-state index in [0.29, 0.717) is 32.1 Å². The first-order valence-electron chi connectivity index (χ1n) is 10.8. The molecule has 2 amide bonds. The molecule has 0 spiro atoms. The summed E-state index contributed by atoms with van der Waals surface area (Å²) < 4.78 is 7.31. The molecule has 2 aromatic rings.